The van der Waals surface area contributed by atoms with E-state index >= 15 is 0 Å². The Labute approximate surface area is 202 Å². The van der Waals surface area contributed by atoms with E-state index in [9.17, 15) is 14.0 Å². The molecule has 6 rings (SSSR count). The molecule has 0 amide bonds. The molecule has 4 heterocycles. The zero-order valence-electron chi connectivity index (χ0n) is 20.3. The SMILES string of the molecule is CC[C@@]1(OC(C)C)C(=O)OCc2c1cc1n(c2=O)Cc2c-1nc1cc(F)c(C)c3c1c2[C@H](N)CC3. The number of fused-ring (bicyclic) bond motifs is 5. The highest BCUT2D eigenvalue weighted by Crippen LogP contribution is 2.46. The van der Waals surface area contributed by atoms with Crippen LogP contribution in [0.25, 0.3) is 22.3 Å². The van der Waals surface area contributed by atoms with Gasteiger partial charge < -0.3 is 19.8 Å². The number of carbonyl (C=O) groups is 1. The van der Waals surface area contributed by atoms with E-state index in [2.05, 4.69) is 0 Å². The van der Waals surface area contributed by atoms with Crippen molar-refractivity contribution in [2.75, 3.05) is 0 Å². The molecule has 2 aliphatic heterocycles. The summed E-state index contributed by atoms with van der Waals surface area (Å²) >= 11 is 0. The fourth-order valence-electron chi connectivity index (χ4n) is 6.18. The summed E-state index contributed by atoms with van der Waals surface area (Å²) in [5.41, 5.74) is 11.2. The van der Waals surface area contributed by atoms with Gasteiger partial charge in [0.25, 0.3) is 5.56 Å². The van der Waals surface area contributed by atoms with E-state index in [0.717, 1.165) is 22.1 Å². The molecule has 0 saturated carbocycles. The van der Waals surface area contributed by atoms with E-state index in [1.165, 1.54) is 6.07 Å². The van der Waals surface area contributed by atoms with Gasteiger partial charge in [0, 0.05) is 28.6 Å². The van der Waals surface area contributed by atoms with E-state index in [0.29, 0.717) is 59.4 Å². The molecule has 35 heavy (non-hydrogen) atoms. The van der Waals surface area contributed by atoms with Gasteiger partial charge in [-0.1, -0.05) is 6.92 Å². The highest BCUT2D eigenvalue weighted by molar-refractivity contribution is 5.93. The minimum atomic E-state index is -1.36. The summed E-state index contributed by atoms with van der Waals surface area (Å²) < 4.78 is 28.1. The van der Waals surface area contributed by atoms with Gasteiger partial charge in [0.05, 0.1) is 35.1 Å². The molecule has 0 radical (unpaired) electrons. The summed E-state index contributed by atoms with van der Waals surface area (Å²) in [4.78, 5) is 31.6. The molecule has 0 fully saturated rings. The maximum Gasteiger partial charge on any atom is 0.343 e. The quantitative estimate of drug-likeness (QED) is 0.450. The minimum absolute atomic E-state index is 0.0941. The standard InChI is InChI=1S/C27H28FN3O4/c1-5-27(35-12(2)3)17-8-21-24-15(10-31(21)25(32)16(17)11-34-26(27)33)22-19(29)7-6-14-13(4)18(28)9-20(30-24)23(14)22/h8-9,12,19H,5-7,10-11,29H2,1-4H3/t19-,27+/m1/s1. The lowest BCUT2D eigenvalue weighted by atomic mass is 9.82. The number of hydrogen-bond acceptors (Lipinski definition) is 6. The number of halogens is 1. The van der Waals surface area contributed by atoms with Gasteiger partial charge in [-0.25, -0.2) is 14.2 Å². The molecule has 7 nitrogen and oxygen atoms in total. The van der Waals surface area contributed by atoms with Crippen molar-refractivity contribution >= 4 is 16.9 Å². The van der Waals surface area contributed by atoms with E-state index in [1.807, 2.05) is 26.8 Å². The fourth-order valence-corrected chi connectivity index (χ4v) is 6.18. The summed E-state index contributed by atoms with van der Waals surface area (Å²) in [6, 6.07) is 3.08. The Morgan fingerprint density at radius 2 is 2.06 bits per heavy atom. The number of nitrogens with zero attached hydrogens (tertiary/aromatic N) is 2. The Kier molecular flexibility index (Phi) is 4.76. The number of esters is 1. The first-order valence-corrected chi connectivity index (χ1v) is 12.2. The van der Waals surface area contributed by atoms with Gasteiger partial charge in [0.2, 0.25) is 0 Å². The molecule has 182 valence electrons. The molecule has 1 aromatic carbocycles. The fraction of sp³-hybridized carbons (Fsp3) is 0.444. The van der Waals surface area contributed by atoms with Crippen LogP contribution in [0.5, 0.6) is 0 Å². The average Bonchev–Trinajstić information content (AvgIpc) is 3.18. The minimum Gasteiger partial charge on any atom is -0.458 e. The molecule has 0 bridgehead atoms. The van der Waals surface area contributed by atoms with Crippen molar-refractivity contribution in [2.45, 2.75) is 77.9 Å². The number of aromatic nitrogens is 2. The summed E-state index contributed by atoms with van der Waals surface area (Å²) in [5, 5.41) is 0.913. The largest absolute Gasteiger partial charge is 0.458 e. The van der Waals surface area contributed by atoms with Crippen molar-refractivity contribution in [1.29, 1.82) is 0 Å². The van der Waals surface area contributed by atoms with Crippen LogP contribution in [0.3, 0.4) is 0 Å². The first kappa shape index (κ1) is 22.4. The van der Waals surface area contributed by atoms with Crippen LogP contribution in [0.4, 0.5) is 4.39 Å². The number of hydrogen-bond donors (Lipinski definition) is 1. The van der Waals surface area contributed by atoms with Crippen molar-refractivity contribution in [3.8, 4) is 11.4 Å². The van der Waals surface area contributed by atoms with E-state index in [-0.39, 0.29) is 30.1 Å². The molecule has 0 unspecified atom stereocenters. The lowest BCUT2D eigenvalue weighted by Gasteiger charge is -2.37. The molecule has 0 spiro atoms. The van der Waals surface area contributed by atoms with Crippen molar-refractivity contribution in [3.63, 3.8) is 0 Å². The van der Waals surface area contributed by atoms with E-state index < -0.39 is 11.6 Å². The van der Waals surface area contributed by atoms with Gasteiger partial charge in [-0.2, -0.15) is 0 Å². The number of rotatable bonds is 3. The molecule has 2 aromatic heterocycles. The molecule has 8 heteroatoms. The van der Waals surface area contributed by atoms with Crippen molar-refractivity contribution in [1.82, 2.24) is 9.55 Å². The van der Waals surface area contributed by atoms with Gasteiger partial charge in [-0.3, -0.25) is 4.79 Å². The van der Waals surface area contributed by atoms with Crippen LogP contribution in [0.1, 0.15) is 73.0 Å². The monoisotopic (exact) mass is 477 g/mol. The number of ether oxygens (including phenoxy) is 2. The zero-order valence-corrected chi connectivity index (χ0v) is 20.3. The molecule has 3 aromatic rings. The summed E-state index contributed by atoms with van der Waals surface area (Å²) in [5.74, 6) is -0.783. The molecule has 1 aliphatic carbocycles. The maximum atomic E-state index is 14.8. The zero-order chi connectivity index (χ0) is 24.8. The number of pyridine rings is 2. The topological polar surface area (TPSA) is 96.4 Å². The van der Waals surface area contributed by atoms with Crippen molar-refractivity contribution < 1.29 is 18.7 Å². The van der Waals surface area contributed by atoms with Gasteiger partial charge in [-0.05, 0) is 62.8 Å². The second kappa shape index (κ2) is 7.45. The Morgan fingerprint density at radius 1 is 1.29 bits per heavy atom. The number of nitrogens with two attached hydrogens (primary N) is 1. The van der Waals surface area contributed by atoms with Crippen LogP contribution in [-0.2, 0) is 39.4 Å². The molecule has 0 saturated heterocycles. The van der Waals surface area contributed by atoms with Gasteiger partial charge in [0.1, 0.15) is 12.4 Å². The van der Waals surface area contributed by atoms with Crippen LogP contribution < -0.4 is 11.3 Å². The van der Waals surface area contributed by atoms with Crippen molar-refractivity contribution in [3.05, 3.63) is 61.7 Å². The third kappa shape index (κ3) is 2.87. The molecule has 2 N–H and O–H groups in total. The third-order valence-electron chi connectivity index (χ3n) is 7.83. The first-order chi connectivity index (χ1) is 16.7. The van der Waals surface area contributed by atoms with Crippen LogP contribution in [-0.4, -0.2) is 21.6 Å². The van der Waals surface area contributed by atoms with Crippen LogP contribution in [0, 0.1) is 12.7 Å². The van der Waals surface area contributed by atoms with Crippen LogP contribution in [0.2, 0.25) is 0 Å². The Balaban J connectivity index is 1.67. The maximum absolute atomic E-state index is 14.8. The van der Waals surface area contributed by atoms with Crippen molar-refractivity contribution in [2.24, 2.45) is 5.73 Å². The molecular formula is C27H28FN3O4. The summed E-state index contributed by atoms with van der Waals surface area (Å²) in [6.45, 7) is 7.57. The second-order valence-electron chi connectivity index (χ2n) is 10.1. The highest BCUT2D eigenvalue weighted by atomic mass is 19.1. The van der Waals surface area contributed by atoms with Crippen LogP contribution >= 0.6 is 0 Å². The summed E-state index contributed by atoms with van der Waals surface area (Å²) in [6.07, 6.45) is 1.46. The number of aryl methyl sites for hydroxylation is 1. The predicted molar refractivity (Wildman–Crippen MR) is 128 cm³/mol. The molecular weight excluding hydrogens is 449 g/mol. The Hall–Kier alpha value is -3.10. The van der Waals surface area contributed by atoms with Gasteiger partial charge >= 0.3 is 5.97 Å². The lowest BCUT2D eigenvalue weighted by molar-refractivity contribution is -0.187. The van der Waals surface area contributed by atoms with E-state index in [4.69, 9.17) is 20.2 Å². The summed E-state index contributed by atoms with van der Waals surface area (Å²) in [7, 11) is 0. The number of benzene rings is 1. The molecule has 2 atom stereocenters. The lowest BCUT2D eigenvalue weighted by Crippen LogP contribution is -2.47. The average molecular weight is 478 g/mol. The highest BCUT2D eigenvalue weighted by Gasteiger charge is 2.49. The number of cyclic esters (lactones) is 1. The second-order valence-corrected chi connectivity index (χ2v) is 10.1. The van der Waals surface area contributed by atoms with Gasteiger partial charge in [0.15, 0.2) is 5.60 Å². The van der Waals surface area contributed by atoms with Gasteiger partial charge in [-0.15, -0.1) is 0 Å². The van der Waals surface area contributed by atoms with Crippen LogP contribution in [0.15, 0.2) is 16.9 Å². The first-order valence-electron chi connectivity index (χ1n) is 12.2. The number of carbonyl (C=O) groups excluding carboxylic acids is 1. The van der Waals surface area contributed by atoms with E-state index in [1.54, 1.807) is 11.5 Å². The molecule has 3 aliphatic rings. The smallest absolute Gasteiger partial charge is 0.343 e. The predicted octanol–water partition coefficient (Wildman–Crippen LogP) is 3.91. The Morgan fingerprint density at radius 3 is 2.77 bits per heavy atom. The third-order valence-corrected chi connectivity index (χ3v) is 7.83. The normalized spacial score (nSPS) is 22.3. The Bertz CT molecular complexity index is 1510.